The maximum atomic E-state index is 13.4. The second-order valence-electron chi connectivity index (χ2n) is 7.90. The van der Waals surface area contributed by atoms with Crippen LogP contribution in [0.1, 0.15) is 71.4 Å². The Morgan fingerprint density at radius 3 is 1.50 bits per heavy atom. The predicted octanol–water partition coefficient (Wildman–Crippen LogP) is 4.92. The smallest absolute Gasteiger partial charge is 0.196 e. The van der Waals surface area contributed by atoms with E-state index in [0.717, 1.165) is 38.9 Å². The second-order valence-corrected chi connectivity index (χ2v) is 7.90. The van der Waals surface area contributed by atoms with Gasteiger partial charge in [0, 0.05) is 62.0 Å². The van der Waals surface area contributed by atoms with Crippen LogP contribution < -0.4 is 10.6 Å². The Morgan fingerprint density at radius 2 is 1.09 bits per heavy atom. The third kappa shape index (κ3) is 5.75. The zero-order chi connectivity index (χ0) is 22.8. The molecule has 2 aromatic carbocycles. The van der Waals surface area contributed by atoms with Gasteiger partial charge in [-0.25, -0.2) is 0 Å². The molecule has 0 saturated heterocycles. The summed E-state index contributed by atoms with van der Waals surface area (Å²) in [6.07, 6.45) is 3.64. The maximum absolute atomic E-state index is 13.4. The number of nitrogens with one attached hydrogen (secondary N) is 2. The Kier molecular flexibility index (Phi) is 9.26. The summed E-state index contributed by atoms with van der Waals surface area (Å²) in [6.45, 7) is 8.34. The molecule has 172 valence electrons. The molecule has 0 fully saturated rings. The summed E-state index contributed by atoms with van der Waals surface area (Å²) < 4.78 is 11.1. The zero-order valence-electron chi connectivity index (χ0n) is 19.2. The van der Waals surface area contributed by atoms with Gasteiger partial charge < -0.3 is 20.1 Å². The molecule has 0 unspecified atom stereocenters. The molecule has 32 heavy (non-hydrogen) atoms. The Hall–Kier alpha value is -2.70. The number of carbonyl (C=O) groups excluding carboxylic acids is 2. The fourth-order valence-electron chi connectivity index (χ4n) is 3.80. The van der Waals surface area contributed by atoms with Crippen LogP contribution in [0.3, 0.4) is 0 Å². The van der Waals surface area contributed by atoms with Crippen molar-refractivity contribution in [2.45, 2.75) is 39.5 Å². The van der Waals surface area contributed by atoms with Crippen LogP contribution in [0.2, 0.25) is 0 Å². The van der Waals surface area contributed by atoms with E-state index in [1.54, 1.807) is 24.3 Å². The number of ether oxygens (including phenoxy) is 2. The quantitative estimate of drug-likeness (QED) is 0.348. The monoisotopic (exact) mass is 438 g/mol. The molecule has 2 N–H and O–H groups in total. The minimum atomic E-state index is -0.116. The Balaban J connectivity index is 1.79. The standard InChI is InChI=1S/C26H34N2O4/c1-3-15-31-17-7-13-27-21-11-12-22(28-14-8-18-32-16-4-2)24-23(21)25(29)19-9-5-6-10-20(19)26(24)30/h5-6,9-12,27-28H,3-4,7-8,13-18H2,1-2H3. The number of hydrogen-bond acceptors (Lipinski definition) is 6. The largest absolute Gasteiger partial charge is 0.384 e. The first-order valence-electron chi connectivity index (χ1n) is 11.7. The van der Waals surface area contributed by atoms with Gasteiger partial charge in [0.1, 0.15) is 0 Å². The highest BCUT2D eigenvalue weighted by molar-refractivity contribution is 6.31. The average molecular weight is 439 g/mol. The van der Waals surface area contributed by atoms with Crippen LogP contribution in [0.4, 0.5) is 11.4 Å². The fourth-order valence-corrected chi connectivity index (χ4v) is 3.80. The molecule has 1 aliphatic rings. The van der Waals surface area contributed by atoms with Crippen LogP contribution in [-0.4, -0.2) is 51.1 Å². The summed E-state index contributed by atoms with van der Waals surface area (Å²) in [4.78, 5) is 26.8. The summed E-state index contributed by atoms with van der Waals surface area (Å²) >= 11 is 0. The average Bonchev–Trinajstić information content (AvgIpc) is 2.82. The van der Waals surface area contributed by atoms with Gasteiger partial charge in [0.15, 0.2) is 11.6 Å². The lowest BCUT2D eigenvalue weighted by molar-refractivity contribution is 0.0980. The van der Waals surface area contributed by atoms with Crippen LogP contribution in [0.25, 0.3) is 0 Å². The van der Waals surface area contributed by atoms with Crippen molar-refractivity contribution < 1.29 is 19.1 Å². The van der Waals surface area contributed by atoms with Crippen molar-refractivity contribution in [2.24, 2.45) is 0 Å². The molecule has 0 spiro atoms. The summed E-state index contributed by atoms with van der Waals surface area (Å²) in [7, 11) is 0. The lowest BCUT2D eigenvalue weighted by atomic mass is 9.82. The van der Waals surface area contributed by atoms with Crippen molar-refractivity contribution in [3.63, 3.8) is 0 Å². The molecule has 6 heteroatoms. The second kappa shape index (κ2) is 12.4. The van der Waals surface area contributed by atoms with Crippen LogP contribution in [0, 0.1) is 0 Å². The van der Waals surface area contributed by atoms with E-state index in [-0.39, 0.29) is 11.6 Å². The Labute approximate surface area is 190 Å². The number of fused-ring (bicyclic) bond motifs is 2. The van der Waals surface area contributed by atoms with E-state index in [2.05, 4.69) is 24.5 Å². The minimum Gasteiger partial charge on any atom is -0.384 e. The summed E-state index contributed by atoms with van der Waals surface area (Å²) in [5, 5.41) is 6.70. The highest BCUT2D eigenvalue weighted by Crippen LogP contribution is 2.36. The Bertz CT molecular complexity index is 852. The van der Waals surface area contributed by atoms with E-state index >= 15 is 0 Å². The number of hydrogen-bond donors (Lipinski definition) is 2. The molecule has 0 aromatic heterocycles. The normalized spacial score (nSPS) is 12.4. The molecule has 2 aromatic rings. The topological polar surface area (TPSA) is 76.7 Å². The molecular formula is C26H34N2O4. The molecule has 3 rings (SSSR count). The minimum absolute atomic E-state index is 0.116. The van der Waals surface area contributed by atoms with Crippen molar-refractivity contribution in [1.82, 2.24) is 0 Å². The SMILES string of the molecule is CCCOCCCNc1ccc(NCCCOCCC)c2c1C(=O)c1ccccc1C2=O. The van der Waals surface area contributed by atoms with E-state index in [4.69, 9.17) is 9.47 Å². The number of carbonyl (C=O) groups is 2. The van der Waals surface area contributed by atoms with Crippen LogP contribution in [0.15, 0.2) is 36.4 Å². The maximum Gasteiger partial charge on any atom is 0.196 e. The van der Waals surface area contributed by atoms with E-state index in [1.807, 2.05) is 12.1 Å². The third-order valence-corrected chi connectivity index (χ3v) is 5.33. The number of benzene rings is 2. The number of rotatable bonds is 14. The first kappa shape index (κ1) is 24.0. The van der Waals surface area contributed by atoms with Gasteiger partial charge >= 0.3 is 0 Å². The van der Waals surface area contributed by atoms with Crippen molar-refractivity contribution in [3.05, 3.63) is 58.7 Å². The van der Waals surface area contributed by atoms with Gasteiger partial charge in [0.2, 0.25) is 0 Å². The third-order valence-electron chi connectivity index (χ3n) is 5.33. The van der Waals surface area contributed by atoms with E-state index in [9.17, 15) is 9.59 Å². The van der Waals surface area contributed by atoms with Gasteiger partial charge in [-0.3, -0.25) is 9.59 Å². The highest BCUT2D eigenvalue weighted by Gasteiger charge is 2.33. The van der Waals surface area contributed by atoms with Gasteiger partial charge in [-0.05, 0) is 37.8 Å². The highest BCUT2D eigenvalue weighted by atomic mass is 16.5. The van der Waals surface area contributed by atoms with E-state index < -0.39 is 0 Å². The molecule has 0 aliphatic heterocycles. The molecule has 0 radical (unpaired) electrons. The Morgan fingerprint density at radius 1 is 0.656 bits per heavy atom. The van der Waals surface area contributed by atoms with Crippen LogP contribution in [0.5, 0.6) is 0 Å². The lowest BCUT2D eigenvalue weighted by Gasteiger charge is -2.24. The molecule has 0 bridgehead atoms. The molecule has 6 nitrogen and oxygen atoms in total. The van der Waals surface area contributed by atoms with Crippen molar-refractivity contribution in [1.29, 1.82) is 0 Å². The molecular weight excluding hydrogens is 404 g/mol. The summed E-state index contributed by atoms with van der Waals surface area (Å²) in [6, 6.07) is 10.8. The van der Waals surface area contributed by atoms with Gasteiger partial charge in [-0.15, -0.1) is 0 Å². The van der Waals surface area contributed by atoms with Crippen LogP contribution >= 0.6 is 0 Å². The predicted molar refractivity (Wildman–Crippen MR) is 128 cm³/mol. The number of ketones is 2. The van der Waals surface area contributed by atoms with Crippen LogP contribution in [-0.2, 0) is 9.47 Å². The number of anilines is 2. The van der Waals surface area contributed by atoms with Gasteiger partial charge in [-0.2, -0.15) is 0 Å². The van der Waals surface area contributed by atoms with Gasteiger partial charge in [-0.1, -0.05) is 38.1 Å². The first-order valence-corrected chi connectivity index (χ1v) is 11.7. The molecule has 0 atom stereocenters. The van der Waals surface area contributed by atoms with Crippen molar-refractivity contribution in [3.8, 4) is 0 Å². The molecule has 0 amide bonds. The lowest BCUT2D eigenvalue weighted by Crippen LogP contribution is -2.24. The van der Waals surface area contributed by atoms with Gasteiger partial charge in [0.05, 0.1) is 11.1 Å². The summed E-state index contributed by atoms with van der Waals surface area (Å²) in [5.41, 5.74) is 3.22. The van der Waals surface area contributed by atoms with Crippen molar-refractivity contribution >= 4 is 22.9 Å². The summed E-state index contributed by atoms with van der Waals surface area (Å²) in [5.74, 6) is -0.232. The fraction of sp³-hybridized carbons (Fsp3) is 0.462. The van der Waals surface area contributed by atoms with E-state index in [0.29, 0.717) is 59.9 Å². The molecule has 0 heterocycles. The first-order chi connectivity index (χ1) is 15.7. The van der Waals surface area contributed by atoms with E-state index in [1.165, 1.54) is 0 Å². The van der Waals surface area contributed by atoms with Crippen molar-refractivity contribution in [2.75, 3.05) is 50.2 Å². The zero-order valence-corrected chi connectivity index (χ0v) is 19.2. The molecule has 1 aliphatic carbocycles. The van der Waals surface area contributed by atoms with Gasteiger partial charge in [0.25, 0.3) is 0 Å². The molecule has 0 saturated carbocycles.